The summed E-state index contributed by atoms with van der Waals surface area (Å²) in [7, 11) is 0. The second-order valence-electron chi connectivity index (χ2n) is 6.05. The summed E-state index contributed by atoms with van der Waals surface area (Å²) in [6.07, 6.45) is -2.48. The average Bonchev–Trinajstić information content (AvgIpc) is 2.54. The molecule has 0 aromatic carbocycles. The molecule has 1 fully saturated rings. The highest BCUT2D eigenvalue weighted by Gasteiger charge is 2.44. The Balaban J connectivity index is 2.74. The molecule has 5 N–H and O–H groups in total. The van der Waals surface area contributed by atoms with Crippen molar-refractivity contribution in [2.75, 3.05) is 6.61 Å². The van der Waals surface area contributed by atoms with Crippen LogP contribution in [0.15, 0.2) is 24.3 Å². The van der Waals surface area contributed by atoms with E-state index in [4.69, 9.17) is 19.7 Å². The molecule has 6 unspecified atom stereocenters. The zero-order chi connectivity index (χ0) is 18.5. The highest BCUT2D eigenvalue weighted by Crippen LogP contribution is 2.28. The van der Waals surface area contributed by atoms with Gasteiger partial charge in [-0.2, -0.15) is 0 Å². The molecule has 6 atom stereocenters. The molecule has 1 saturated heterocycles. The second kappa shape index (κ2) is 8.70. The van der Waals surface area contributed by atoms with Crippen LogP contribution < -0.4 is 0 Å². The number of rotatable bonds is 8. The molecule has 0 radical (unpaired) electrons. The van der Waals surface area contributed by atoms with E-state index in [1.807, 2.05) is 0 Å². The van der Waals surface area contributed by atoms with Gasteiger partial charge in [0, 0.05) is 0 Å². The summed E-state index contributed by atoms with van der Waals surface area (Å²) < 4.78 is 11.1. The summed E-state index contributed by atoms with van der Waals surface area (Å²) in [5.74, 6) is -1.20. The van der Waals surface area contributed by atoms with Gasteiger partial charge in [-0.05, 0) is 26.7 Å². The fourth-order valence-electron chi connectivity index (χ4n) is 2.34. The molecule has 1 aliphatic heterocycles. The molecule has 0 amide bonds. The third-order valence-corrected chi connectivity index (χ3v) is 4.10. The largest absolute Gasteiger partial charge is 0.478 e. The number of ether oxygens (including phenoxy) is 2. The van der Waals surface area contributed by atoms with E-state index in [2.05, 4.69) is 6.58 Å². The van der Waals surface area contributed by atoms with Gasteiger partial charge < -0.3 is 35.0 Å². The van der Waals surface area contributed by atoms with Crippen molar-refractivity contribution >= 4 is 5.97 Å². The van der Waals surface area contributed by atoms with Gasteiger partial charge in [-0.25, -0.2) is 4.79 Å². The molecule has 0 aromatic heterocycles. The smallest absolute Gasteiger partial charge is 0.333 e. The standard InChI is InChI=1S/C16H26O8/c1-4-16(3,7-5-6-10(8-17)14(21)22)24-15-13(20)12(19)11(18)9(2)23-15/h4,6,9,11-13,15,17-20H,1,5,7-8H2,2-3H3,(H,21,22). The lowest BCUT2D eigenvalue weighted by Crippen LogP contribution is -2.58. The number of hydrogen-bond acceptors (Lipinski definition) is 7. The topological polar surface area (TPSA) is 137 Å². The van der Waals surface area contributed by atoms with Crippen molar-refractivity contribution < 1.29 is 39.8 Å². The van der Waals surface area contributed by atoms with E-state index < -0.39 is 48.9 Å². The molecule has 8 heteroatoms. The summed E-state index contributed by atoms with van der Waals surface area (Å²) in [4.78, 5) is 10.8. The lowest BCUT2D eigenvalue weighted by atomic mass is 9.97. The highest BCUT2D eigenvalue weighted by atomic mass is 16.7. The van der Waals surface area contributed by atoms with Crippen LogP contribution in [-0.2, 0) is 14.3 Å². The van der Waals surface area contributed by atoms with Gasteiger partial charge in [-0.1, -0.05) is 12.2 Å². The second-order valence-corrected chi connectivity index (χ2v) is 6.05. The summed E-state index contributed by atoms with van der Waals surface area (Å²) in [5, 5.41) is 47.3. The minimum Gasteiger partial charge on any atom is -0.478 e. The summed E-state index contributed by atoms with van der Waals surface area (Å²) >= 11 is 0. The number of aliphatic hydroxyl groups is 4. The number of aliphatic carboxylic acids is 1. The first-order valence-corrected chi connectivity index (χ1v) is 7.69. The van der Waals surface area contributed by atoms with Crippen LogP contribution >= 0.6 is 0 Å². The maximum atomic E-state index is 10.8. The highest BCUT2D eigenvalue weighted by molar-refractivity contribution is 5.86. The number of carboxylic acids is 1. The fourth-order valence-corrected chi connectivity index (χ4v) is 2.34. The van der Waals surface area contributed by atoms with Crippen LogP contribution in [0.25, 0.3) is 0 Å². The maximum absolute atomic E-state index is 10.8. The number of hydrogen-bond donors (Lipinski definition) is 5. The third kappa shape index (κ3) is 5.10. The van der Waals surface area contributed by atoms with Crippen molar-refractivity contribution in [1.82, 2.24) is 0 Å². The van der Waals surface area contributed by atoms with Crippen LogP contribution in [0.4, 0.5) is 0 Å². The van der Waals surface area contributed by atoms with E-state index in [0.29, 0.717) is 6.42 Å². The molecule has 1 rings (SSSR count). The van der Waals surface area contributed by atoms with Gasteiger partial charge in [0.15, 0.2) is 6.29 Å². The van der Waals surface area contributed by atoms with Crippen molar-refractivity contribution in [3.63, 3.8) is 0 Å². The molecular formula is C16H26O8. The lowest BCUT2D eigenvalue weighted by molar-refractivity contribution is -0.313. The average molecular weight is 346 g/mol. The van der Waals surface area contributed by atoms with E-state index in [1.54, 1.807) is 13.8 Å². The normalized spacial score (nSPS) is 33.8. The minimum absolute atomic E-state index is 0.123. The molecule has 0 aliphatic carbocycles. The molecule has 0 bridgehead atoms. The van der Waals surface area contributed by atoms with Gasteiger partial charge in [0.25, 0.3) is 0 Å². The summed E-state index contributed by atoms with van der Waals surface area (Å²) in [6.45, 7) is 6.31. The third-order valence-electron chi connectivity index (χ3n) is 4.10. The van der Waals surface area contributed by atoms with Crippen molar-refractivity contribution in [1.29, 1.82) is 0 Å². The maximum Gasteiger partial charge on any atom is 0.333 e. The van der Waals surface area contributed by atoms with Crippen molar-refractivity contribution in [2.24, 2.45) is 0 Å². The lowest BCUT2D eigenvalue weighted by Gasteiger charge is -2.42. The Labute approximate surface area is 140 Å². The summed E-state index contributed by atoms with van der Waals surface area (Å²) in [5.41, 5.74) is -1.09. The van der Waals surface area contributed by atoms with Crippen molar-refractivity contribution in [2.45, 2.75) is 63.0 Å². The van der Waals surface area contributed by atoms with E-state index in [1.165, 1.54) is 12.2 Å². The Kier molecular flexibility index (Phi) is 7.53. The predicted octanol–water partition coefficient (Wildman–Crippen LogP) is -0.441. The van der Waals surface area contributed by atoms with Crippen LogP contribution in [0.3, 0.4) is 0 Å². The number of carbonyl (C=O) groups is 1. The monoisotopic (exact) mass is 346 g/mol. The SMILES string of the molecule is C=CC(C)(CCC=C(CO)C(=O)O)OC1OC(C)C(O)C(O)C1O. The molecule has 0 saturated carbocycles. The fraction of sp³-hybridized carbons (Fsp3) is 0.688. The van der Waals surface area contributed by atoms with Crippen molar-refractivity contribution in [3.8, 4) is 0 Å². The Morgan fingerprint density at radius 3 is 2.42 bits per heavy atom. The zero-order valence-corrected chi connectivity index (χ0v) is 13.8. The van der Waals surface area contributed by atoms with Crippen LogP contribution in [0.5, 0.6) is 0 Å². The van der Waals surface area contributed by atoms with Crippen molar-refractivity contribution in [3.05, 3.63) is 24.3 Å². The molecule has 8 nitrogen and oxygen atoms in total. The van der Waals surface area contributed by atoms with Gasteiger partial charge in [-0.3, -0.25) is 0 Å². The quantitative estimate of drug-likeness (QED) is 0.295. The zero-order valence-electron chi connectivity index (χ0n) is 13.8. The van der Waals surface area contributed by atoms with Gasteiger partial charge >= 0.3 is 5.97 Å². The number of aliphatic hydroxyl groups excluding tert-OH is 4. The van der Waals surface area contributed by atoms with Gasteiger partial charge in [-0.15, -0.1) is 6.58 Å². The Hall–Kier alpha value is -1.29. The van der Waals surface area contributed by atoms with Crippen LogP contribution in [0.1, 0.15) is 26.7 Å². The van der Waals surface area contributed by atoms with Crippen LogP contribution in [-0.4, -0.2) is 74.4 Å². The molecule has 24 heavy (non-hydrogen) atoms. The molecule has 1 heterocycles. The summed E-state index contributed by atoms with van der Waals surface area (Å²) in [6, 6.07) is 0. The van der Waals surface area contributed by atoms with Gasteiger partial charge in [0.05, 0.1) is 23.9 Å². The van der Waals surface area contributed by atoms with E-state index in [0.717, 1.165) is 0 Å². The Morgan fingerprint density at radius 1 is 1.29 bits per heavy atom. The van der Waals surface area contributed by atoms with E-state index >= 15 is 0 Å². The van der Waals surface area contributed by atoms with E-state index in [9.17, 15) is 20.1 Å². The predicted molar refractivity (Wildman–Crippen MR) is 84.1 cm³/mol. The molecule has 0 spiro atoms. The van der Waals surface area contributed by atoms with Crippen LogP contribution in [0.2, 0.25) is 0 Å². The van der Waals surface area contributed by atoms with Gasteiger partial charge in [0.1, 0.15) is 18.3 Å². The first kappa shape index (κ1) is 20.8. The first-order chi connectivity index (χ1) is 11.1. The minimum atomic E-state index is -1.43. The van der Waals surface area contributed by atoms with Crippen LogP contribution in [0, 0.1) is 0 Å². The molecule has 0 aromatic rings. The number of allylic oxidation sites excluding steroid dienone is 1. The Bertz CT molecular complexity index is 477. The number of carboxylic acid groups (broad SMARTS) is 1. The molecule has 1 aliphatic rings. The van der Waals surface area contributed by atoms with E-state index in [-0.39, 0.29) is 12.0 Å². The van der Waals surface area contributed by atoms with Gasteiger partial charge in [0.2, 0.25) is 0 Å². The molecular weight excluding hydrogens is 320 g/mol. The Morgan fingerprint density at radius 2 is 1.92 bits per heavy atom. The molecule has 138 valence electrons. The first-order valence-electron chi connectivity index (χ1n) is 7.69.